The lowest BCUT2D eigenvalue weighted by molar-refractivity contribution is 0.296. The zero-order chi connectivity index (χ0) is 19.8. The molecule has 0 bridgehead atoms. The highest BCUT2D eigenvalue weighted by molar-refractivity contribution is 14.0. The molecule has 1 aromatic heterocycles. The van der Waals surface area contributed by atoms with Gasteiger partial charge in [-0.3, -0.25) is 4.99 Å². The van der Waals surface area contributed by atoms with Gasteiger partial charge in [-0.05, 0) is 30.7 Å². The molecule has 1 fully saturated rings. The molecule has 0 spiro atoms. The number of nitrogens with zero attached hydrogens (tertiary/aromatic N) is 2. The molecule has 1 aliphatic rings. The number of aliphatic imine (C=N–C) groups is 1. The van der Waals surface area contributed by atoms with Gasteiger partial charge < -0.3 is 10.6 Å². The molecule has 0 atom stereocenters. The van der Waals surface area contributed by atoms with Crippen LogP contribution in [0.25, 0.3) is 0 Å². The van der Waals surface area contributed by atoms with Crippen LogP contribution in [0.4, 0.5) is 0 Å². The molecule has 0 saturated heterocycles. The highest BCUT2D eigenvalue weighted by Gasteiger charge is 2.34. The third kappa shape index (κ3) is 7.46. The smallest absolute Gasteiger partial charge is 0.211 e. The van der Waals surface area contributed by atoms with Gasteiger partial charge >= 0.3 is 0 Å². The van der Waals surface area contributed by atoms with Crippen molar-refractivity contribution in [1.29, 1.82) is 0 Å². The van der Waals surface area contributed by atoms with Crippen LogP contribution in [-0.2, 0) is 15.4 Å². The number of hydrogen-bond donors (Lipinski definition) is 2. The average Bonchev–Trinajstić information content (AvgIpc) is 3.19. The van der Waals surface area contributed by atoms with Crippen molar-refractivity contribution in [3.8, 4) is 0 Å². The van der Waals surface area contributed by atoms with E-state index in [0.29, 0.717) is 19.6 Å². The highest BCUT2D eigenvalue weighted by Crippen LogP contribution is 2.41. The third-order valence-electron chi connectivity index (χ3n) is 5.37. The van der Waals surface area contributed by atoms with Crippen LogP contribution in [0.15, 0.2) is 22.5 Å². The first kappa shape index (κ1) is 25.6. The van der Waals surface area contributed by atoms with Crippen LogP contribution in [0, 0.1) is 0 Å². The molecule has 2 rings (SSSR count). The third-order valence-corrected chi connectivity index (χ3v) is 7.87. The van der Waals surface area contributed by atoms with Gasteiger partial charge in [0.25, 0.3) is 0 Å². The number of thiophene rings is 1. The SMILES string of the molecule is CCN(CCCNC(=NC)NCC1(c2cccs2)CCCCC1)S(C)(=O)=O.I. The van der Waals surface area contributed by atoms with Gasteiger partial charge in [0.2, 0.25) is 10.0 Å². The quantitative estimate of drug-likeness (QED) is 0.217. The maximum atomic E-state index is 11.6. The Kier molecular flexibility index (Phi) is 11.3. The van der Waals surface area contributed by atoms with E-state index in [9.17, 15) is 8.42 Å². The summed E-state index contributed by atoms with van der Waals surface area (Å²) in [6.45, 7) is 4.48. The molecule has 0 aliphatic heterocycles. The van der Waals surface area contributed by atoms with Crippen molar-refractivity contribution in [2.24, 2.45) is 4.99 Å². The predicted octanol–water partition coefficient (Wildman–Crippen LogP) is 3.40. The standard InChI is InChI=1S/C19H34N4O2S2.HI/c1-4-23(27(3,24)25)14-9-13-21-18(20-2)22-16-19(11-6-5-7-12-19)17-10-8-15-26-17;/h8,10,15H,4-7,9,11-14,16H2,1-3H3,(H2,20,21,22);1H. The van der Waals surface area contributed by atoms with Crippen LogP contribution in [0.2, 0.25) is 0 Å². The van der Waals surface area contributed by atoms with E-state index < -0.39 is 10.0 Å². The summed E-state index contributed by atoms with van der Waals surface area (Å²) in [5.74, 6) is 0.791. The van der Waals surface area contributed by atoms with Crippen LogP contribution < -0.4 is 10.6 Å². The second-order valence-electron chi connectivity index (χ2n) is 7.28. The van der Waals surface area contributed by atoms with Crippen molar-refractivity contribution in [3.05, 3.63) is 22.4 Å². The van der Waals surface area contributed by atoms with Crippen molar-refractivity contribution in [2.75, 3.05) is 39.5 Å². The molecular formula is C19H35IN4O2S2. The minimum atomic E-state index is -3.12. The second-order valence-corrected chi connectivity index (χ2v) is 10.2. The summed E-state index contributed by atoms with van der Waals surface area (Å²) < 4.78 is 24.8. The summed E-state index contributed by atoms with van der Waals surface area (Å²) in [5.41, 5.74) is 0.208. The Morgan fingerprint density at radius 1 is 1.29 bits per heavy atom. The molecule has 1 heterocycles. The van der Waals surface area contributed by atoms with Gasteiger partial charge in [0.15, 0.2) is 5.96 Å². The molecule has 0 amide bonds. The first-order valence-corrected chi connectivity index (χ1v) is 12.6. The van der Waals surface area contributed by atoms with E-state index in [1.54, 1.807) is 7.05 Å². The van der Waals surface area contributed by atoms with Crippen molar-refractivity contribution < 1.29 is 8.42 Å². The zero-order valence-corrected chi connectivity index (χ0v) is 21.2. The Balaban J connectivity index is 0.00000392. The molecule has 162 valence electrons. The maximum Gasteiger partial charge on any atom is 0.211 e. The Morgan fingerprint density at radius 2 is 2.00 bits per heavy atom. The molecule has 0 radical (unpaired) electrons. The summed E-state index contributed by atoms with van der Waals surface area (Å²) in [5, 5.41) is 9.00. The lowest BCUT2D eigenvalue weighted by Crippen LogP contribution is -2.46. The van der Waals surface area contributed by atoms with E-state index >= 15 is 0 Å². The fourth-order valence-corrected chi connectivity index (χ4v) is 5.73. The predicted molar refractivity (Wildman–Crippen MR) is 131 cm³/mol. The van der Waals surface area contributed by atoms with Gasteiger partial charge in [-0.1, -0.05) is 32.3 Å². The molecule has 0 aromatic carbocycles. The van der Waals surface area contributed by atoms with Gasteiger partial charge in [0.1, 0.15) is 0 Å². The normalized spacial score (nSPS) is 17.2. The zero-order valence-electron chi connectivity index (χ0n) is 17.2. The van der Waals surface area contributed by atoms with Crippen LogP contribution in [0.1, 0.15) is 50.3 Å². The van der Waals surface area contributed by atoms with E-state index in [1.807, 2.05) is 18.3 Å². The summed E-state index contributed by atoms with van der Waals surface area (Å²) in [6, 6.07) is 4.41. The molecule has 0 unspecified atom stereocenters. The molecule has 2 N–H and O–H groups in total. The highest BCUT2D eigenvalue weighted by atomic mass is 127. The summed E-state index contributed by atoms with van der Waals surface area (Å²) >= 11 is 1.85. The molecular weight excluding hydrogens is 507 g/mol. The summed E-state index contributed by atoms with van der Waals surface area (Å²) in [6.07, 6.45) is 8.34. The van der Waals surface area contributed by atoms with Crippen molar-refractivity contribution >= 4 is 51.3 Å². The van der Waals surface area contributed by atoms with Gasteiger partial charge in [-0.15, -0.1) is 35.3 Å². The topological polar surface area (TPSA) is 73.8 Å². The van der Waals surface area contributed by atoms with Gasteiger partial charge in [0, 0.05) is 43.5 Å². The van der Waals surface area contributed by atoms with Gasteiger partial charge in [0.05, 0.1) is 6.26 Å². The molecule has 28 heavy (non-hydrogen) atoms. The van der Waals surface area contributed by atoms with Crippen LogP contribution in [0.3, 0.4) is 0 Å². The van der Waals surface area contributed by atoms with E-state index in [2.05, 4.69) is 33.1 Å². The van der Waals surface area contributed by atoms with Crippen LogP contribution in [0.5, 0.6) is 0 Å². The van der Waals surface area contributed by atoms with Crippen molar-refractivity contribution in [1.82, 2.24) is 14.9 Å². The first-order valence-electron chi connectivity index (χ1n) is 9.85. The van der Waals surface area contributed by atoms with E-state index in [0.717, 1.165) is 18.9 Å². The lowest BCUT2D eigenvalue weighted by atomic mass is 9.73. The monoisotopic (exact) mass is 542 g/mol. The largest absolute Gasteiger partial charge is 0.356 e. The van der Waals surface area contributed by atoms with Crippen LogP contribution >= 0.6 is 35.3 Å². The Hall–Kier alpha value is -0.390. The van der Waals surface area contributed by atoms with Crippen LogP contribution in [-0.4, -0.2) is 58.2 Å². The average molecular weight is 543 g/mol. The molecule has 1 aromatic rings. The lowest BCUT2D eigenvalue weighted by Gasteiger charge is -2.37. The maximum absolute atomic E-state index is 11.6. The number of halogens is 1. The van der Waals surface area contributed by atoms with Gasteiger partial charge in [-0.2, -0.15) is 0 Å². The van der Waals surface area contributed by atoms with E-state index in [4.69, 9.17) is 0 Å². The number of nitrogens with one attached hydrogen (secondary N) is 2. The molecule has 6 nitrogen and oxygen atoms in total. The number of sulfonamides is 1. The summed E-state index contributed by atoms with van der Waals surface area (Å²) in [4.78, 5) is 5.81. The van der Waals surface area contributed by atoms with E-state index in [1.165, 1.54) is 47.5 Å². The number of hydrogen-bond acceptors (Lipinski definition) is 4. The van der Waals surface area contributed by atoms with E-state index in [-0.39, 0.29) is 29.4 Å². The fourth-order valence-electron chi connectivity index (χ4n) is 3.81. The van der Waals surface area contributed by atoms with Gasteiger partial charge in [-0.25, -0.2) is 12.7 Å². The Morgan fingerprint density at radius 3 is 2.54 bits per heavy atom. The molecule has 9 heteroatoms. The fraction of sp³-hybridized carbons (Fsp3) is 0.737. The number of guanidine groups is 1. The Labute approximate surface area is 191 Å². The first-order chi connectivity index (χ1) is 12.9. The minimum absolute atomic E-state index is 0. The number of rotatable bonds is 9. The summed E-state index contributed by atoms with van der Waals surface area (Å²) in [7, 11) is -1.34. The second kappa shape index (κ2) is 12.3. The molecule has 1 saturated carbocycles. The van der Waals surface area contributed by atoms with Crippen molar-refractivity contribution in [2.45, 2.75) is 50.9 Å². The minimum Gasteiger partial charge on any atom is -0.356 e. The van der Waals surface area contributed by atoms with Crippen molar-refractivity contribution in [3.63, 3.8) is 0 Å². The molecule has 1 aliphatic carbocycles. The Bertz CT molecular complexity index is 687.